The first-order valence-electron chi connectivity index (χ1n) is 6.41. The molecule has 0 spiro atoms. The highest BCUT2D eigenvalue weighted by Crippen LogP contribution is 2.33. The Morgan fingerprint density at radius 2 is 2.12 bits per heavy atom. The highest BCUT2D eigenvalue weighted by molar-refractivity contribution is 8.00. The summed E-state index contributed by atoms with van der Waals surface area (Å²) in [5.41, 5.74) is 7.56. The molecule has 1 heterocycles. The molecule has 17 heavy (non-hydrogen) atoms. The van der Waals surface area contributed by atoms with Crippen molar-refractivity contribution in [2.24, 2.45) is 5.73 Å². The van der Waals surface area contributed by atoms with Gasteiger partial charge in [-0.05, 0) is 43.2 Å². The lowest BCUT2D eigenvalue weighted by Gasteiger charge is -2.27. The predicted octanol–water partition coefficient (Wildman–Crippen LogP) is 3.37. The van der Waals surface area contributed by atoms with Gasteiger partial charge in [0.1, 0.15) is 5.75 Å². The first-order chi connectivity index (χ1) is 8.31. The second kappa shape index (κ2) is 6.31. The molecule has 1 aliphatic heterocycles. The number of ether oxygens (including phenoxy) is 1. The smallest absolute Gasteiger partial charge is 0.119 e. The van der Waals surface area contributed by atoms with E-state index in [1.165, 1.54) is 30.6 Å². The van der Waals surface area contributed by atoms with E-state index in [1.54, 1.807) is 0 Å². The van der Waals surface area contributed by atoms with Gasteiger partial charge in [0.15, 0.2) is 0 Å². The molecule has 1 saturated heterocycles. The summed E-state index contributed by atoms with van der Waals surface area (Å²) in [5.74, 6) is 2.19. The zero-order chi connectivity index (χ0) is 12.1. The Balaban J connectivity index is 2.00. The van der Waals surface area contributed by atoms with Gasteiger partial charge in [-0.3, -0.25) is 0 Å². The average Bonchev–Trinajstić information content (AvgIpc) is 2.40. The van der Waals surface area contributed by atoms with E-state index >= 15 is 0 Å². The van der Waals surface area contributed by atoms with E-state index in [0.29, 0.717) is 11.9 Å². The van der Waals surface area contributed by atoms with Gasteiger partial charge in [-0.1, -0.05) is 18.6 Å². The third kappa shape index (κ3) is 3.39. The summed E-state index contributed by atoms with van der Waals surface area (Å²) < 4.78 is 5.44. The zero-order valence-electron chi connectivity index (χ0n) is 10.4. The molecule has 1 aromatic carbocycles. The molecule has 0 amide bonds. The van der Waals surface area contributed by atoms with Crippen LogP contribution >= 0.6 is 11.8 Å². The van der Waals surface area contributed by atoms with Crippen molar-refractivity contribution in [3.8, 4) is 5.75 Å². The SMILES string of the molecule is CCOc1ccc(C(N)C2CCCCS2)cc1. The lowest BCUT2D eigenvalue weighted by molar-refractivity contribution is 0.340. The first-order valence-corrected chi connectivity index (χ1v) is 7.46. The Hall–Kier alpha value is -0.670. The second-order valence-corrected chi connectivity index (χ2v) is 5.78. The Bertz CT molecular complexity index is 333. The largest absolute Gasteiger partial charge is 0.494 e. The molecule has 2 N–H and O–H groups in total. The van der Waals surface area contributed by atoms with Gasteiger partial charge >= 0.3 is 0 Å². The summed E-state index contributed by atoms with van der Waals surface area (Å²) in [5, 5.41) is 0.585. The molecule has 0 aromatic heterocycles. The third-order valence-corrected chi connectivity index (χ3v) is 4.67. The maximum absolute atomic E-state index is 6.33. The molecule has 1 aliphatic rings. The van der Waals surface area contributed by atoms with Crippen LogP contribution in [-0.2, 0) is 0 Å². The van der Waals surface area contributed by atoms with Crippen molar-refractivity contribution >= 4 is 11.8 Å². The number of rotatable bonds is 4. The van der Waals surface area contributed by atoms with Gasteiger partial charge in [0.25, 0.3) is 0 Å². The number of hydrogen-bond acceptors (Lipinski definition) is 3. The van der Waals surface area contributed by atoms with Gasteiger partial charge in [-0.25, -0.2) is 0 Å². The Kier molecular flexibility index (Phi) is 4.75. The number of hydrogen-bond donors (Lipinski definition) is 1. The van der Waals surface area contributed by atoms with Crippen molar-refractivity contribution in [2.75, 3.05) is 12.4 Å². The van der Waals surface area contributed by atoms with Crippen LogP contribution in [0.15, 0.2) is 24.3 Å². The maximum atomic E-state index is 6.33. The normalized spacial score (nSPS) is 22.1. The fourth-order valence-corrected chi connectivity index (χ4v) is 3.59. The van der Waals surface area contributed by atoms with Crippen molar-refractivity contribution < 1.29 is 4.74 Å². The van der Waals surface area contributed by atoms with Crippen LogP contribution in [0.5, 0.6) is 5.75 Å². The van der Waals surface area contributed by atoms with Crippen LogP contribution in [0.25, 0.3) is 0 Å². The molecule has 2 atom stereocenters. The van der Waals surface area contributed by atoms with E-state index in [2.05, 4.69) is 12.1 Å². The van der Waals surface area contributed by atoms with Crippen molar-refractivity contribution in [3.05, 3.63) is 29.8 Å². The van der Waals surface area contributed by atoms with Crippen LogP contribution < -0.4 is 10.5 Å². The minimum absolute atomic E-state index is 0.163. The van der Waals surface area contributed by atoms with E-state index in [-0.39, 0.29) is 6.04 Å². The number of benzene rings is 1. The minimum Gasteiger partial charge on any atom is -0.494 e. The molecule has 0 bridgehead atoms. The molecule has 1 fully saturated rings. The van der Waals surface area contributed by atoms with E-state index in [4.69, 9.17) is 10.5 Å². The molecular weight excluding hydrogens is 230 g/mol. The average molecular weight is 251 g/mol. The van der Waals surface area contributed by atoms with Crippen LogP contribution in [0, 0.1) is 0 Å². The van der Waals surface area contributed by atoms with Gasteiger partial charge in [0.05, 0.1) is 6.61 Å². The monoisotopic (exact) mass is 251 g/mol. The Morgan fingerprint density at radius 1 is 1.35 bits per heavy atom. The van der Waals surface area contributed by atoms with Gasteiger partial charge < -0.3 is 10.5 Å². The summed E-state index contributed by atoms with van der Waals surface area (Å²) in [4.78, 5) is 0. The van der Waals surface area contributed by atoms with E-state index in [9.17, 15) is 0 Å². The minimum atomic E-state index is 0.163. The summed E-state index contributed by atoms with van der Waals surface area (Å²) in [7, 11) is 0. The molecule has 94 valence electrons. The summed E-state index contributed by atoms with van der Waals surface area (Å²) >= 11 is 2.02. The number of thioether (sulfide) groups is 1. The fourth-order valence-electron chi connectivity index (χ4n) is 2.22. The van der Waals surface area contributed by atoms with Gasteiger partial charge in [-0.15, -0.1) is 0 Å². The highest BCUT2D eigenvalue weighted by atomic mass is 32.2. The summed E-state index contributed by atoms with van der Waals surface area (Å²) in [6.07, 6.45) is 3.92. The predicted molar refractivity (Wildman–Crippen MR) is 74.6 cm³/mol. The molecule has 1 aromatic rings. The second-order valence-electron chi connectivity index (χ2n) is 4.43. The van der Waals surface area contributed by atoms with Crippen molar-refractivity contribution in [2.45, 2.75) is 37.5 Å². The van der Waals surface area contributed by atoms with E-state index in [1.807, 2.05) is 30.8 Å². The van der Waals surface area contributed by atoms with Crippen LogP contribution in [0.3, 0.4) is 0 Å². The molecule has 0 aliphatic carbocycles. The van der Waals surface area contributed by atoms with Crippen molar-refractivity contribution in [1.82, 2.24) is 0 Å². The molecule has 3 heteroatoms. The topological polar surface area (TPSA) is 35.2 Å². The third-order valence-electron chi connectivity index (χ3n) is 3.19. The molecule has 0 radical (unpaired) electrons. The van der Waals surface area contributed by atoms with E-state index in [0.717, 1.165) is 5.75 Å². The quantitative estimate of drug-likeness (QED) is 0.891. The standard InChI is InChI=1S/C14H21NOS/c1-2-16-12-8-6-11(7-9-12)14(15)13-5-3-4-10-17-13/h6-9,13-14H,2-5,10,15H2,1H3. The van der Waals surface area contributed by atoms with Crippen LogP contribution in [-0.4, -0.2) is 17.6 Å². The maximum Gasteiger partial charge on any atom is 0.119 e. The fraction of sp³-hybridized carbons (Fsp3) is 0.571. The first kappa shape index (κ1) is 12.8. The molecule has 2 nitrogen and oxygen atoms in total. The molecule has 2 rings (SSSR count). The van der Waals surface area contributed by atoms with Crippen LogP contribution in [0.2, 0.25) is 0 Å². The van der Waals surface area contributed by atoms with Crippen molar-refractivity contribution in [1.29, 1.82) is 0 Å². The summed E-state index contributed by atoms with van der Waals surface area (Å²) in [6, 6.07) is 8.41. The zero-order valence-corrected chi connectivity index (χ0v) is 11.2. The highest BCUT2D eigenvalue weighted by Gasteiger charge is 2.22. The van der Waals surface area contributed by atoms with Crippen molar-refractivity contribution in [3.63, 3.8) is 0 Å². The van der Waals surface area contributed by atoms with Gasteiger partial charge in [-0.2, -0.15) is 11.8 Å². The molecular formula is C14H21NOS. The lowest BCUT2D eigenvalue weighted by atomic mass is 10.0. The Labute approximate surface area is 108 Å². The lowest BCUT2D eigenvalue weighted by Crippen LogP contribution is -2.26. The summed E-state index contributed by atoms with van der Waals surface area (Å²) in [6.45, 7) is 2.71. The van der Waals surface area contributed by atoms with E-state index < -0.39 is 0 Å². The van der Waals surface area contributed by atoms with Gasteiger partial charge in [0, 0.05) is 11.3 Å². The van der Waals surface area contributed by atoms with Gasteiger partial charge in [0.2, 0.25) is 0 Å². The molecule has 0 saturated carbocycles. The molecule has 2 unspecified atom stereocenters. The van der Waals surface area contributed by atoms with Crippen LogP contribution in [0.1, 0.15) is 37.8 Å². The number of nitrogens with two attached hydrogens (primary N) is 1. The Morgan fingerprint density at radius 3 is 2.71 bits per heavy atom. The van der Waals surface area contributed by atoms with Crippen LogP contribution in [0.4, 0.5) is 0 Å².